The van der Waals surface area contributed by atoms with E-state index in [9.17, 15) is 4.79 Å². The number of likely N-dealkylation sites (N-methyl/N-ethyl adjacent to an activating group) is 1. The molecular weight excluding hydrogens is 414 g/mol. The Kier molecular flexibility index (Phi) is 6.16. The van der Waals surface area contributed by atoms with E-state index in [0.29, 0.717) is 22.9 Å². The predicted octanol–water partition coefficient (Wildman–Crippen LogP) is 4.15. The van der Waals surface area contributed by atoms with E-state index in [0.717, 1.165) is 22.1 Å². The third-order valence-corrected chi connectivity index (χ3v) is 5.11. The van der Waals surface area contributed by atoms with Crippen molar-refractivity contribution in [2.24, 2.45) is 0 Å². The Labute approximate surface area is 185 Å². The molecule has 0 atom stereocenters. The van der Waals surface area contributed by atoms with Crippen LogP contribution in [-0.4, -0.2) is 46.3 Å². The van der Waals surface area contributed by atoms with Gasteiger partial charge in [-0.2, -0.15) is 5.10 Å². The fourth-order valence-electron chi connectivity index (χ4n) is 3.44. The third kappa shape index (κ3) is 5.02. The molecule has 1 amide bonds. The largest absolute Gasteiger partial charge is 0.497 e. The molecule has 0 aliphatic carbocycles. The number of carbonyl (C=O) groups excluding carboxylic acids is 1. The molecule has 4 aromatic rings. The van der Waals surface area contributed by atoms with Gasteiger partial charge < -0.3 is 10.1 Å². The van der Waals surface area contributed by atoms with E-state index in [-0.39, 0.29) is 12.5 Å². The highest BCUT2D eigenvalue weighted by Crippen LogP contribution is 2.24. The number of nitrogens with zero attached hydrogens (tertiary/aromatic N) is 4. The molecule has 8 heteroatoms. The maximum Gasteiger partial charge on any atom is 0.238 e. The highest BCUT2D eigenvalue weighted by atomic mass is 35.5. The van der Waals surface area contributed by atoms with Crippen LogP contribution in [0.3, 0.4) is 0 Å². The van der Waals surface area contributed by atoms with Crippen LogP contribution in [0.25, 0.3) is 16.5 Å². The summed E-state index contributed by atoms with van der Waals surface area (Å²) in [4.78, 5) is 18.6. The van der Waals surface area contributed by atoms with Gasteiger partial charge in [0.25, 0.3) is 0 Å². The summed E-state index contributed by atoms with van der Waals surface area (Å²) in [5.41, 5.74) is 2.40. The number of fused-ring (bicyclic) bond motifs is 1. The average molecular weight is 436 g/mol. The minimum absolute atomic E-state index is 0.142. The lowest BCUT2D eigenvalue weighted by Gasteiger charge is -2.18. The summed E-state index contributed by atoms with van der Waals surface area (Å²) in [5.74, 6) is 0.692. The summed E-state index contributed by atoms with van der Waals surface area (Å²) in [6.45, 7) is 0.866. The van der Waals surface area contributed by atoms with Gasteiger partial charge in [-0.1, -0.05) is 29.8 Å². The van der Waals surface area contributed by atoms with Crippen molar-refractivity contribution in [2.45, 2.75) is 6.54 Å². The van der Waals surface area contributed by atoms with Crippen molar-refractivity contribution in [3.05, 3.63) is 77.8 Å². The van der Waals surface area contributed by atoms with E-state index in [2.05, 4.69) is 33.6 Å². The number of ether oxygens (including phenoxy) is 1. The fourth-order valence-corrected chi connectivity index (χ4v) is 3.61. The van der Waals surface area contributed by atoms with Crippen molar-refractivity contribution in [2.75, 3.05) is 26.0 Å². The van der Waals surface area contributed by atoms with Gasteiger partial charge in [0.15, 0.2) is 0 Å². The number of carbonyl (C=O) groups is 1. The lowest BCUT2D eigenvalue weighted by atomic mass is 10.1. The molecule has 0 aliphatic rings. The monoisotopic (exact) mass is 435 g/mol. The highest BCUT2D eigenvalue weighted by molar-refractivity contribution is 6.31. The van der Waals surface area contributed by atoms with Gasteiger partial charge in [-0.05, 0) is 59.8 Å². The first-order chi connectivity index (χ1) is 15.0. The van der Waals surface area contributed by atoms with E-state index in [4.69, 9.17) is 16.3 Å². The average Bonchev–Trinajstić information content (AvgIpc) is 3.28. The van der Waals surface area contributed by atoms with Gasteiger partial charge in [0, 0.05) is 11.6 Å². The number of hydrogen-bond donors (Lipinski definition) is 1. The molecule has 7 nitrogen and oxygen atoms in total. The fraction of sp³-hybridized carbons (Fsp3) is 0.174. The number of halogens is 1. The number of anilines is 1. The minimum Gasteiger partial charge on any atom is -0.497 e. The van der Waals surface area contributed by atoms with Gasteiger partial charge >= 0.3 is 0 Å². The summed E-state index contributed by atoms with van der Waals surface area (Å²) in [6, 6.07) is 17.5. The molecule has 1 N–H and O–H groups in total. The summed E-state index contributed by atoms with van der Waals surface area (Å²) in [7, 11) is 3.57. The Balaban J connectivity index is 1.42. The number of aromatic nitrogens is 3. The minimum atomic E-state index is -0.142. The first kappa shape index (κ1) is 20.8. The molecule has 0 unspecified atom stereocenters. The Morgan fingerprint density at radius 3 is 2.71 bits per heavy atom. The van der Waals surface area contributed by atoms with Crippen LogP contribution < -0.4 is 10.1 Å². The van der Waals surface area contributed by atoms with Crippen LogP contribution in [0.1, 0.15) is 5.56 Å². The van der Waals surface area contributed by atoms with Gasteiger partial charge in [0.1, 0.15) is 18.4 Å². The van der Waals surface area contributed by atoms with Crippen LogP contribution in [-0.2, 0) is 11.3 Å². The third-order valence-electron chi connectivity index (χ3n) is 4.88. The van der Waals surface area contributed by atoms with Crippen LogP contribution in [0.5, 0.6) is 5.75 Å². The van der Waals surface area contributed by atoms with Crippen LogP contribution in [0, 0.1) is 0 Å². The number of hydrogen-bond acceptors (Lipinski definition) is 5. The molecular formula is C23H22ClN5O2. The zero-order valence-electron chi connectivity index (χ0n) is 17.2. The van der Waals surface area contributed by atoms with Gasteiger partial charge in [-0.3, -0.25) is 9.69 Å². The molecule has 1 heterocycles. The number of methoxy groups -OCH3 is 1. The van der Waals surface area contributed by atoms with E-state index in [1.54, 1.807) is 36.3 Å². The first-order valence-corrected chi connectivity index (χ1v) is 10.1. The number of benzene rings is 3. The van der Waals surface area contributed by atoms with Gasteiger partial charge in [-0.25, -0.2) is 9.67 Å². The molecule has 0 bridgehead atoms. The van der Waals surface area contributed by atoms with E-state index >= 15 is 0 Å². The Bertz CT molecular complexity index is 1210. The van der Waals surface area contributed by atoms with Crippen LogP contribution in [0.4, 0.5) is 5.69 Å². The Morgan fingerprint density at radius 1 is 1.13 bits per heavy atom. The second-order valence-electron chi connectivity index (χ2n) is 7.27. The summed E-state index contributed by atoms with van der Waals surface area (Å²) >= 11 is 6.13. The summed E-state index contributed by atoms with van der Waals surface area (Å²) < 4.78 is 6.86. The molecule has 158 valence electrons. The molecule has 0 saturated carbocycles. The lowest BCUT2D eigenvalue weighted by Crippen LogP contribution is -2.30. The topological polar surface area (TPSA) is 72.3 Å². The molecule has 0 radical (unpaired) electrons. The predicted molar refractivity (Wildman–Crippen MR) is 122 cm³/mol. The van der Waals surface area contributed by atoms with Gasteiger partial charge in [0.05, 0.1) is 25.0 Å². The molecule has 4 rings (SSSR count). The molecule has 0 aliphatic heterocycles. The Hall–Kier alpha value is -3.42. The Morgan fingerprint density at radius 2 is 1.94 bits per heavy atom. The number of amides is 1. The van der Waals surface area contributed by atoms with E-state index in [1.807, 2.05) is 30.1 Å². The van der Waals surface area contributed by atoms with Crippen molar-refractivity contribution in [3.8, 4) is 11.4 Å². The van der Waals surface area contributed by atoms with Gasteiger partial charge in [-0.15, -0.1) is 0 Å². The SMILES string of the molecule is COc1ccc2cc(CN(C)CC(=O)Nc3cc(Cl)ccc3-n3cncn3)ccc2c1. The van der Waals surface area contributed by atoms with Crippen molar-refractivity contribution in [1.82, 2.24) is 19.7 Å². The maximum absolute atomic E-state index is 12.7. The van der Waals surface area contributed by atoms with E-state index in [1.165, 1.54) is 6.33 Å². The molecule has 1 aromatic heterocycles. The molecule has 31 heavy (non-hydrogen) atoms. The molecule has 0 spiro atoms. The highest BCUT2D eigenvalue weighted by Gasteiger charge is 2.12. The zero-order valence-corrected chi connectivity index (χ0v) is 18.0. The summed E-state index contributed by atoms with van der Waals surface area (Å²) in [5, 5.41) is 9.84. The van der Waals surface area contributed by atoms with Crippen LogP contribution in [0.15, 0.2) is 67.3 Å². The van der Waals surface area contributed by atoms with Gasteiger partial charge in [0.2, 0.25) is 5.91 Å². The van der Waals surface area contributed by atoms with Crippen molar-refractivity contribution in [1.29, 1.82) is 0 Å². The van der Waals surface area contributed by atoms with Crippen LogP contribution >= 0.6 is 11.6 Å². The standard InChI is InChI=1S/C23H22ClN5O2/c1-28(12-16-3-4-18-10-20(31-2)7-5-17(18)9-16)13-23(30)27-21-11-19(24)6-8-22(21)29-15-25-14-26-29/h3-11,14-15H,12-13H2,1-2H3,(H,27,30). The second kappa shape index (κ2) is 9.16. The smallest absolute Gasteiger partial charge is 0.238 e. The quantitative estimate of drug-likeness (QED) is 0.472. The second-order valence-corrected chi connectivity index (χ2v) is 7.71. The maximum atomic E-state index is 12.7. The van der Waals surface area contributed by atoms with Crippen LogP contribution in [0.2, 0.25) is 5.02 Å². The summed E-state index contributed by atoms with van der Waals surface area (Å²) in [6.07, 6.45) is 3.01. The molecule has 3 aromatic carbocycles. The molecule has 0 saturated heterocycles. The van der Waals surface area contributed by atoms with E-state index < -0.39 is 0 Å². The normalized spacial score (nSPS) is 11.1. The lowest BCUT2D eigenvalue weighted by molar-refractivity contribution is -0.117. The zero-order chi connectivity index (χ0) is 21.8. The van der Waals surface area contributed by atoms with Crippen molar-refractivity contribution < 1.29 is 9.53 Å². The number of nitrogens with one attached hydrogen (secondary N) is 1. The first-order valence-electron chi connectivity index (χ1n) is 9.71. The van der Waals surface area contributed by atoms with Crippen molar-refractivity contribution >= 4 is 34.0 Å². The van der Waals surface area contributed by atoms with Crippen molar-refractivity contribution in [3.63, 3.8) is 0 Å². The number of rotatable bonds is 7. The molecule has 0 fully saturated rings.